The standard InChI is InChI=1S/C20H21N5/c21-10-4-6-15-5-3-7-17(11-15)23-13-16(12-22)20-14-24-18-8-1-2-9-19(18)25-20/h1-3,5,7-9,11-14,22-23H,4,6,10,21H2/b16-13+,22-12?. The molecule has 25 heavy (non-hydrogen) atoms. The molecule has 0 aliphatic heterocycles. The molecule has 1 heterocycles. The van der Waals surface area contributed by atoms with Crippen LogP contribution in [-0.4, -0.2) is 22.7 Å². The van der Waals surface area contributed by atoms with Crippen molar-refractivity contribution in [3.05, 3.63) is 72.2 Å². The van der Waals surface area contributed by atoms with Gasteiger partial charge in [-0.15, -0.1) is 0 Å². The molecular weight excluding hydrogens is 310 g/mol. The van der Waals surface area contributed by atoms with Crippen LogP contribution in [0.1, 0.15) is 17.7 Å². The Morgan fingerprint density at radius 3 is 2.76 bits per heavy atom. The molecule has 0 saturated carbocycles. The largest absolute Gasteiger partial charge is 0.361 e. The first-order valence-corrected chi connectivity index (χ1v) is 8.28. The van der Waals surface area contributed by atoms with Gasteiger partial charge < -0.3 is 16.5 Å². The Balaban J connectivity index is 1.81. The summed E-state index contributed by atoms with van der Waals surface area (Å²) in [6.45, 7) is 0.691. The fraction of sp³-hybridized carbons (Fsp3) is 0.150. The smallest absolute Gasteiger partial charge is 0.0922 e. The molecule has 0 unspecified atom stereocenters. The molecule has 1 aromatic heterocycles. The number of nitrogens with zero attached hydrogens (tertiary/aromatic N) is 2. The summed E-state index contributed by atoms with van der Waals surface area (Å²) in [7, 11) is 0. The molecule has 0 fully saturated rings. The topological polar surface area (TPSA) is 87.7 Å². The Hall–Kier alpha value is -3.05. The Morgan fingerprint density at radius 1 is 1.12 bits per heavy atom. The summed E-state index contributed by atoms with van der Waals surface area (Å²) in [4.78, 5) is 8.99. The average Bonchev–Trinajstić information content (AvgIpc) is 2.67. The lowest BCUT2D eigenvalue weighted by Crippen LogP contribution is -2.01. The minimum absolute atomic E-state index is 0.667. The van der Waals surface area contributed by atoms with E-state index in [0.717, 1.165) is 29.6 Å². The average molecular weight is 331 g/mol. The lowest BCUT2D eigenvalue weighted by atomic mass is 10.1. The van der Waals surface area contributed by atoms with Crippen molar-refractivity contribution in [2.45, 2.75) is 12.8 Å². The summed E-state index contributed by atoms with van der Waals surface area (Å²) >= 11 is 0. The van der Waals surface area contributed by atoms with Crippen LogP contribution < -0.4 is 11.1 Å². The molecule has 0 amide bonds. The van der Waals surface area contributed by atoms with Crippen molar-refractivity contribution in [3.8, 4) is 0 Å². The number of hydrogen-bond donors (Lipinski definition) is 3. The Labute approximate surface area is 147 Å². The summed E-state index contributed by atoms with van der Waals surface area (Å²) in [5.74, 6) is 0. The maximum absolute atomic E-state index is 7.69. The van der Waals surface area contributed by atoms with Crippen LogP contribution in [0.5, 0.6) is 0 Å². The first-order valence-electron chi connectivity index (χ1n) is 8.28. The number of anilines is 1. The molecule has 4 N–H and O–H groups in total. The monoisotopic (exact) mass is 331 g/mol. The normalized spacial score (nSPS) is 11.5. The first kappa shape index (κ1) is 16.8. The fourth-order valence-corrected chi connectivity index (χ4v) is 2.57. The van der Waals surface area contributed by atoms with Gasteiger partial charge in [-0.25, -0.2) is 4.98 Å². The van der Waals surface area contributed by atoms with Crippen molar-refractivity contribution in [2.75, 3.05) is 11.9 Å². The molecule has 0 radical (unpaired) electrons. The predicted molar refractivity (Wildman–Crippen MR) is 104 cm³/mol. The number of fused-ring (bicyclic) bond motifs is 1. The quantitative estimate of drug-likeness (QED) is 0.577. The molecule has 0 saturated heterocycles. The zero-order valence-electron chi connectivity index (χ0n) is 13.9. The molecule has 126 valence electrons. The van der Waals surface area contributed by atoms with E-state index in [1.807, 2.05) is 36.4 Å². The van der Waals surface area contributed by atoms with Gasteiger partial charge in [-0.1, -0.05) is 24.3 Å². The summed E-state index contributed by atoms with van der Waals surface area (Å²) in [5, 5.41) is 10.9. The minimum Gasteiger partial charge on any atom is -0.361 e. The number of aryl methyl sites for hydroxylation is 1. The van der Waals surface area contributed by atoms with Crippen molar-refractivity contribution in [1.29, 1.82) is 5.41 Å². The second-order valence-corrected chi connectivity index (χ2v) is 5.72. The number of para-hydroxylation sites is 2. The molecular formula is C20H21N5. The van der Waals surface area contributed by atoms with E-state index in [2.05, 4.69) is 27.4 Å². The molecule has 0 aliphatic rings. The number of hydrogen-bond acceptors (Lipinski definition) is 5. The number of allylic oxidation sites excluding steroid dienone is 1. The molecule has 5 heteroatoms. The van der Waals surface area contributed by atoms with Crippen LogP contribution in [0, 0.1) is 5.41 Å². The van der Waals surface area contributed by atoms with E-state index >= 15 is 0 Å². The molecule has 0 aliphatic carbocycles. The third-order valence-electron chi connectivity index (χ3n) is 3.89. The van der Waals surface area contributed by atoms with Crippen LogP contribution in [0.3, 0.4) is 0 Å². The summed E-state index contributed by atoms with van der Waals surface area (Å²) < 4.78 is 0. The highest BCUT2D eigenvalue weighted by molar-refractivity contribution is 6.08. The van der Waals surface area contributed by atoms with Gasteiger partial charge in [-0.3, -0.25) is 4.98 Å². The second-order valence-electron chi connectivity index (χ2n) is 5.72. The number of aromatic nitrogens is 2. The van der Waals surface area contributed by atoms with Gasteiger partial charge in [0.05, 0.1) is 22.9 Å². The zero-order chi connectivity index (χ0) is 17.5. The van der Waals surface area contributed by atoms with Gasteiger partial charge >= 0.3 is 0 Å². The van der Waals surface area contributed by atoms with Gasteiger partial charge in [0.25, 0.3) is 0 Å². The molecule has 3 aromatic rings. The maximum atomic E-state index is 7.69. The van der Waals surface area contributed by atoms with Crippen molar-refractivity contribution >= 4 is 28.5 Å². The van der Waals surface area contributed by atoms with Crippen LogP contribution >= 0.6 is 0 Å². The fourth-order valence-electron chi connectivity index (χ4n) is 2.57. The van der Waals surface area contributed by atoms with Crippen LogP contribution in [0.2, 0.25) is 0 Å². The van der Waals surface area contributed by atoms with Crippen molar-refractivity contribution in [2.24, 2.45) is 5.73 Å². The van der Waals surface area contributed by atoms with Crippen LogP contribution in [0.25, 0.3) is 16.6 Å². The third-order valence-corrected chi connectivity index (χ3v) is 3.89. The van der Waals surface area contributed by atoms with E-state index in [4.69, 9.17) is 11.1 Å². The summed E-state index contributed by atoms with van der Waals surface area (Å²) in [5.41, 5.74) is 10.8. The van der Waals surface area contributed by atoms with E-state index in [0.29, 0.717) is 17.8 Å². The molecule has 2 aromatic carbocycles. The molecule has 0 bridgehead atoms. The number of benzene rings is 2. The Bertz CT molecular complexity index is 901. The summed E-state index contributed by atoms with van der Waals surface area (Å²) in [6.07, 6.45) is 6.69. The van der Waals surface area contributed by atoms with Crippen molar-refractivity contribution < 1.29 is 0 Å². The highest BCUT2D eigenvalue weighted by atomic mass is 14.9. The zero-order valence-corrected chi connectivity index (χ0v) is 13.9. The number of rotatable bonds is 7. The van der Waals surface area contributed by atoms with Crippen molar-refractivity contribution in [3.63, 3.8) is 0 Å². The molecule has 0 atom stereocenters. The van der Waals surface area contributed by atoms with Gasteiger partial charge in [0.1, 0.15) is 0 Å². The van der Waals surface area contributed by atoms with Gasteiger partial charge in [0.2, 0.25) is 0 Å². The van der Waals surface area contributed by atoms with E-state index in [-0.39, 0.29) is 0 Å². The number of nitrogens with two attached hydrogens (primary N) is 1. The van der Waals surface area contributed by atoms with Crippen LogP contribution in [-0.2, 0) is 6.42 Å². The Morgan fingerprint density at radius 2 is 1.96 bits per heavy atom. The molecule has 5 nitrogen and oxygen atoms in total. The van der Waals surface area contributed by atoms with E-state index in [9.17, 15) is 0 Å². The third kappa shape index (κ3) is 4.28. The highest BCUT2D eigenvalue weighted by Gasteiger charge is 2.04. The lowest BCUT2D eigenvalue weighted by molar-refractivity contribution is 0.833. The number of nitrogens with one attached hydrogen (secondary N) is 2. The molecule has 0 spiro atoms. The molecule has 3 rings (SSSR count). The van der Waals surface area contributed by atoms with Gasteiger partial charge in [0, 0.05) is 23.7 Å². The van der Waals surface area contributed by atoms with E-state index in [1.54, 1.807) is 12.4 Å². The van der Waals surface area contributed by atoms with Crippen LogP contribution in [0.15, 0.2) is 60.9 Å². The lowest BCUT2D eigenvalue weighted by Gasteiger charge is -2.07. The van der Waals surface area contributed by atoms with E-state index < -0.39 is 0 Å². The van der Waals surface area contributed by atoms with Gasteiger partial charge in [-0.2, -0.15) is 0 Å². The second kappa shape index (κ2) is 8.17. The van der Waals surface area contributed by atoms with E-state index in [1.165, 1.54) is 11.8 Å². The SMILES string of the molecule is N=C/C(=C\Nc1cccc(CCCN)c1)c1cnc2ccccc2n1. The highest BCUT2D eigenvalue weighted by Crippen LogP contribution is 2.16. The maximum Gasteiger partial charge on any atom is 0.0922 e. The van der Waals surface area contributed by atoms with Gasteiger partial charge in [0.15, 0.2) is 0 Å². The Kier molecular flexibility index (Phi) is 5.49. The minimum atomic E-state index is 0.667. The first-order chi connectivity index (χ1) is 12.3. The van der Waals surface area contributed by atoms with Crippen molar-refractivity contribution in [1.82, 2.24) is 9.97 Å². The predicted octanol–water partition coefficient (Wildman–Crippen LogP) is 3.62. The van der Waals surface area contributed by atoms with Crippen LogP contribution in [0.4, 0.5) is 5.69 Å². The van der Waals surface area contributed by atoms with Gasteiger partial charge in [-0.05, 0) is 49.2 Å². The summed E-state index contributed by atoms with van der Waals surface area (Å²) in [6, 6.07) is 15.9.